The van der Waals surface area contributed by atoms with E-state index in [2.05, 4.69) is 20.9 Å². The Morgan fingerprint density at radius 2 is 2.16 bits per heavy atom. The van der Waals surface area contributed by atoms with Crippen molar-refractivity contribution in [2.75, 3.05) is 32.5 Å². The summed E-state index contributed by atoms with van der Waals surface area (Å²) in [6.45, 7) is 4.54. The number of thiophene rings is 1. The lowest BCUT2D eigenvalue weighted by atomic mass is 10.0. The number of fused-ring (bicyclic) bond motifs is 1. The van der Waals surface area contributed by atoms with Crippen molar-refractivity contribution in [3.8, 4) is 0 Å². The molecular formula is C23H26ClN5O2S. The van der Waals surface area contributed by atoms with E-state index in [1.165, 1.54) is 17.7 Å². The van der Waals surface area contributed by atoms with Crippen molar-refractivity contribution in [3.63, 3.8) is 0 Å². The van der Waals surface area contributed by atoms with Crippen LogP contribution in [0, 0.1) is 0 Å². The van der Waals surface area contributed by atoms with E-state index in [1.54, 1.807) is 7.11 Å². The van der Waals surface area contributed by atoms with Gasteiger partial charge in [-0.1, -0.05) is 23.7 Å². The molecule has 1 fully saturated rings. The molecule has 4 rings (SSSR count). The Morgan fingerprint density at radius 1 is 1.31 bits per heavy atom. The number of methoxy groups -OCH3 is 1. The second kappa shape index (κ2) is 9.95. The molecule has 2 atom stereocenters. The number of amides is 1. The Kier molecular flexibility index (Phi) is 7.05. The van der Waals surface area contributed by atoms with Crippen LogP contribution in [0.5, 0.6) is 0 Å². The van der Waals surface area contributed by atoms with Crippen LogP contribution in [-0.2, 0) is 16.1 Å². The Balaban J connectivity index is 1.47. The minimum Gasteiger partial charge on any atom is -0.383 e. The van der Waals surface area contributed by atoms with Crippen LogP contribution in [-0.4, -0.2) is 64.6 Å². The van der Waals surface area contributed by atoms with E-state index in [0.717, 1.165) is 32.2 Å². The summed E-state index contributed by atoms with van der Waals surface area (Å²) in [6, 6.07) is 9.39. The standard InChI is InChI=1S/C23H26ClN5O2S/c1-15(31-2)21-23(30)29(11-10-28(21)9-3-4-17-6-8-20(24)32-17)13-16-5-7-18-19(12-16)26-14-27-22(18)25/h3-8,12,14-15,21H,9-11,13H2,1-2H3,(H2,25,26,27)/t15-,21+/m1/s1. The van der Waals surface area contributed by atoms with Crippen LogP contribution in [0.25, 0.3) is 17.0 Å². The number of rotatable bonds is 7. The first-order valence-electron chi connectivity index (χ1n) is 10.4. The molecule has 9 heteroatoms. The van der Waals surface area contributed by atoms with Gasteiger partial charge >= 0.3 is 0 Å². The molecule has 3 heterocycles. The van der Waals surface area contributed by atoms with Gasteiger partial charge < -0.3 is 15.4 Å². The van der Waals surface area contributed by atoms with Crippen molar-refractivity contribution in [2.45, 2.75) is 25.6 Å². The molecule has 2 N–H and O–H groups in total. The van der Waals surface area contributed by atoms with Crippen LogP contribution in [0.4, 0.5) is 5.82 Å². The van der Waals surface area contributed by atoms with Gasteiger partial charge in [0.25, 0.3) is 0 Å². The fourth-order valence-corrected chi connectivity index (χ4v) is 4.99. The molecule has 2 aromatic heterocycles. The van der Waals surface area contributed by atoms with Crippen molar-refractivity contribution in [2.24, 2.45) is 0 Å². The number of halogens is 1. The number of hydrogen-bond donors (Lipinski definition) is 1. The van der Waals surface area contributed by atoms with E-state index < -0.39 is 0 Å². The van der Waals surface area contributed by atoms with Gasteiger partial charge in [-0.15, -0.1) is 11.3 Å². The summed E-state index contributed by atoms with van der Waals surface area (Å²) in [5.41, 5.74) is 7.72. The molecule has 1 amide bonds. The molecule has 0 spiro atoms. The summed E-state index contributed by atoms with van der Waals surface area (Å²) in [7, 11) is 1.64. The van der Waals surface area contributed by atoms with Gasteiger partial charge in [0.05, 0.1) is 16.0 Å². The molecule has 1 aliphatic heterocycles. The molecule has 0 saturated carbocycles. The molecule has 3 aromatic rings. The molecule has 0 unspecified atom stereocenters. The predicted molar refractivity (Wildman–Crippen MR) is 130 cm³/mol. The van der Waals surface area contributed by atoms with Gasteiger partial charge in [-0.3, -0.25) is 9.69 Å². The maximum absolute atomic E-state index is 13.4. The molecule has 1 aliphatic rings. The summed E-state index contributed by atoms with van der Waals surface area (Å²) in [5.74, 6) is 0.526. The van der Waals surface area contributed by atoms with Crippen LogP contribution in [0.2, 0.25) is 4.34 Å². The third-order valence-electron chi connectivity index (χ3n) is 5.75. The lowest BCUT2D eigenvalue weighted by Crippen LogP contribution is -2.60. The van der Waals surface area contributed by atoms with Gasteiger partial charge in [0.2, 0.25) is 5.91 Å². The second-order valence-corrected chi connectivity index (χ2v) is 9.54. The number of nitrogens with two attached hydrogens (primary N) is 1. The first-order valence-corrected chi connectivity index (χ1v) is 11.6. The highest BCUT2D eigenvalue weighted by atomic mass is 35.5. The average Bonchev–Trinajstić information content (AvgIpc) is 3.20. The Bertz CT molecular complexity index is 1130. The summed E-state index contributed by atoms with van der Waals surface area (Å²) >= 11 is 7.54. The number of hydrogen-bond acceptors (Lipinski definition) is 7. The molecule has 7 nitrogen and oxygen atoms in total. The van der Waals surface area contributed by atoms with E-state index in [9.17, 15) is 4.79 Å². The van der Waals surface area contributed by atoms with Gasteiger partial charge in [-0.25, -0.2) is 9.97 Å². The minimum atomic E-state index is -0.344. The zero-order valence-corrected chi connectivity index (χ0v) is 19.6. The van der Waals surface area contributed by atoms with Crippen LogP contribution >= 0.6 is 22.9 Å². The summed E-state index contributed by atoms with van der Waals surface area (Å²) < 4.78 is 6.33. The molecule has 0 aliphatic carbocycles. The smallest absolute Gasteiger partial charge is 0.242 e. The quantitative estimate of drug-likeness (QED) is 0.565. The summed E-state index contributed by atoms with van der Waals surface area (Å²) in [4.78, 5) is 26.9. The predicted octanol–water partition coefficient (Wildman–Crippen LogP) is 3.69. The Hall–Kier alpha value is -2.52. The van der Waals surface area contributed by atoms with Crippen LogP contribution in [0.3, 0.4) is 0 Å². The number of aromatic nitrogens is 2. The summed E-state index contributed by atoms with van der Waals surface area (Å²) in [6.07, 6.45) is 5.36. The highest BCUT2D eigenvalue weighted by Gasteiger charge is 2.38. The maximum Gasteiger partial charge on any atom is 0.242 e. The van der Waals surface area contributed by atoms with Gasteiger partial charge in [0.1, 0.15) is 18.2 Å². The van der Waals surface area contributed by atoms with E-state index in [-0.39, 0.29) is 18.1 Å². The van der Waals surface area contributed by atoms with E-state index >= 15 is 0 Å². The first-order chi connectivity index (χ1) is 15.5. The van der Waals surface area contributed by atoms with E-state index in [0.29, 0.717) is 25.5 Å². The number of nitrogen functional groups attached to an aromatic ring is 1. The molecule has 168 valence electrons. The topological polar surface area (TPSA) is 84.6 Å². The molecule has 1 saturated heterocycles. The van der Waals surface area contributed by atoms with Crippen LogP contribution in [0.15, 0.2) is 42.7 Å². The third-order valence-corrected chi connectivity index (χ3v) is 6.95. The SMILES string of the molecule is CO[C@H](C)[C@H]1C(=O)N(Cc2ccc3c(N)ncnc3c2)CCN1CC=Cc1ccc(Cl)s1. The lowest BCUT2D eigenvalue weighted by Gasteiger charge is -2.42. The molecule has 1 aromatic carbocycles. The van der Waals surface area contributed by atoms with E-state index in [4.69, 9.17) is 22.1 Å². The number of carbonyl (C=O) groups is 1. The van der Waals surface area contributed by atoms with Crippen LogP contribution < -0.4 is 5.73 Å². The Labute approximate surface area is 196 Å². The molecule has 0 bridgehead atoms. The minimum absolute atomic E-state index is 0.0699. The number of ether oxygens (including phenoxy) is 1. The second-order valence-electron chi connectivity index (χ2n) is 7.80. The maximum atomic E-state index is 13.4. The van der Waals surface area contributed by atoms with Crippen molar-refractivity contribution in [3.05, 3.63) is 57.5 Å². The normalized spacial score (nSPS) is 18.7. The Morgan fingerprint density at radius 3 is 2.91 bits per heavy atom. The highest BCUT2D eigenvalue weighted by molar-refractivity contribution is 7.16. The number of carbonyl (C=O) groups excluding carboxylic acids is 1. The molecule has 0 radical (unpaired) electrons. The van der Waals surface area contributed by atoms with Gasteiger partial charge in [0, 0.05) is 43.6 Å². The molecular weight excluding hydrogens is 446 g/mol. The first kappa shape index (κ1) is 22.7. The van der Waals surface area contributed by atoms with Crippen LogP contribution in [0.1, 0.15) is 17.4 Å². The monoisotopic (exact) mass is 471 g/mol. The molecule has 32 heavy (non-hydrogen) atoms. The third kappa shape index (κ3) is 4.94. The lowest BCUT2D eigenvalue weighted by molar-refractivity contribution is -0.148. The van der Waals surface area contributed by atoms with Crippen molar-refractivity contribution in [1.29, 1.82) is 0 Å². The highest BCUT2D eigenvalue weighted by Crippen LogP contribution is 2.24. The van der Waals surface area contributed by atoms with E-state index in [1.807, 2.05) is 48.2 Å². The fourth-order valence-electron chi connectivity index (χ4n) is 3.99. The number of anilines is 1. The zero-order chi connectivity index (χ0) is 22.7. The average molecular weight is 472 g/mol. The number of nitrogens with zero attached hydrogens (tertiary/aromatic N) is 4. The van der Waals surface area contributed by atoms with Gasteiger partial charge in [-0.05, 0) is 42.8 Å². The van der Waals surface area contributed by atoms with Crippen molar-refractivity contribution >= 4 is 51.6 Å². The van der Waals surface area contributed by atoms with Gasteiger partial charge in [0.15, 0.2) is 0 Å². The summed E-state index contributed by atoms with van der Waals surface area (Å²) in [5, 5.41) is 0.817. The fraction of sp³-hybridized carbons (Fsp3) is 0.348. The van der Waals surface area contributed by atoms with Crippen molar-refractivity contribution < 1.29 is 9.53 Å². The number of benzene rings is 1. The number of piperazine rings is 1. The largest absolute Gasteiger partial charge is 0.383 e. The van der Waals surface area contributed by atoms with Crippen molar-refractivity contribution in [1.82, 2.24) is 19.8 Å². The zero-order valence-electron chi connectivity index (χ0n) is 18.1. The van der Waals surface area contributed by atoms with Gasteiger partial charge in [-0.2, -0.15) is 0 Å².